The highest BCUT2D eigenvalue weighted by Crippen LogP contribution is 2.29. The Morgan fingerprint density at radius 3 is 1.61 bits per heavy atom. The second-order valence-corrected chi connectivity index (χ2v) is 9.01. The van der Waals surface area contributed by atoms with E-state index < -0.39 is 23.6 Å². The van der Waals surface area contributed by atoms with E-state index in [1.807, 2.05) is 0 Å². The Morgan fingerprint density at radius 2 is 1.00 bits per heavy atom. The number of nitrogens with one attached hydrogen (secondary N) is 2. The molecule has 6 amide bonds. The van der Waals surface area contributed by atoms with Crippen molar-refractivity contribution in [3.05, 3.63) is 104 Å². The first kappa shape index (κ1) is 23.0. The molecular weight excluding hydrogens is 486 g/mol. The second-order valence-electron chi connectivity index (χ2n) is 9.01. The third kappa shape index (κ3) is 3.48. The van der Waals surface area contributed by atoms with Crippen LogP contribution in [0.2, 0.25) is 0 Å². The standard InChI is InChI=1S/C29H17N3O6/c1-32-28(37)19-11-5-15(13-21(19)29(32)38)3-7-17-9-8-16(22-23(17)27(36)31-26(22)35)6-2-14-4-10-18-20(12-14)25(34)30-24(18)33/h2-13H,1H3,(H,30,33,34)(H,31,35,36)/b6-2+,7-3+. The number of benzene rings is 3. The smallest absolute Gasteiger partial charge is 0.261 e. The number of rotatable bonds is 4. The maximum atomic E-state index is 12.6. The van der Waals surface area contributed by atoms with E-state index in [4.69, 9.17) is 0 Å². The third-order valence-electron chi connectivity index (χ3n) is 6.74. The zero-order chi connectivity index (χ0) is 26.7. The lowest BCUT2D eigenvalue weighted by Crippen LogP contribution is -2.24. The molecule has 0 radical (unpaired) electrons. The van der Waals surface area contributed by atoms with Crippen LogP contribution in [0.1, 0.15) is 84.4 Å². The Balaban J connectivity index is 1.33. The molecule has 0 fully saturated rings. The lowest BCUT2D eigenvalue weighted by molar-refractivity contribution is 0.0690. The monoisotopic (exact) mass is 503 g/mol. The Hall–Kier alpha value is -5.44. The summed E-state index contributed by atoms with van der Waals surface area (Å²) in [5, 5.41) is 4.57. The van der Waals surface area contributed by atoms with Gasteiger partial charge in [0.1, 0.15) is 0 Å². The fourth-order valence-corrected chi connectivity index (χ4v) is 4.77. The number of carbonyl (C=O) groups is 6. The van der Waals surface area contributed by atoms with E-state index in [0.29, 0.717) is 38.9 Å². The summed E-state index contributed by atoms with van der Waals surface area (Å²) in [5.74, 6) is -2.68. The molecule has 0 aromatic heterocycles. The van der Waals surface area contributed by atoms with E-state index in [1.165, 1.54) is 7.05 Å². The van der Waals surface area contributed by atoms with E-state index in [-0.39, 0.29) is 28.5 Å². The van der Waals surface area contributed by atoms with Crippen LogP contribution in [0.15, 0.2) is 48.5 Å². The lowest BCUT2D eigenvalue weighted by atomic mass is 9.95. The largest absolute Gasteiger partial charge is 0.288 e. The molecule has 38 heavy (non-hydrogen) atoms. The second kappa shape index (κ2) is 8.31. The molecule has 0 unspecified atom stereocenters. The average molecular weight is 503 g/mol. The van der Waals surface area contributed by atoms with Crippen LogP contribution in [0.25, 0.3) is 24.3 Å². The van der Waals surface area contributed by atoms with Gasteiger partial charge in [-0.05, 0) is 46.5 Å². The number of amides is 6. The average Bonchev–Trinajstić information content (AvgIpc) is 3.46. The molecule has 0 atom stereocenters. The molecule has 0 bridgehead atoms. The molecule has 9 nitrogen and oxygen atoms in total. The fourth-order valence-electron chi connectivity index (χ4n) is 4.77. The summed E-state index contributed by atoms with van der Waals surface area (Å²) in [6.07, 6.45) is 6.74. The van der Waals surface area contributed by atoms with Gasteiger partial charge in [0.2, 0.25) is 0 Å². The van der Waals surface area contributed by atoms with Crippen LogP contribution in [-0.4, -0.2) is 47.4 Å². The van der Waals surface area contributed by atoms with E-state index >= 15 is 0 Å². The van der Waals surface area contributed by atoms with Gasteiger partial charge >= 0.3 is 0 Å². The number of fused-ring (bicyclic) bond motifs is 3. The minimum absolute atomic E-state index is 0.221. The van der Waals surface area contributed by atoms with Gasteiger partial charge in [-0.15, -0.1) is 0 Å². The van der Waals surface area contributed by atoms with Gasteiger partial charge in [-0.3, -0.25) is 44.3 Å². The molecule has 3 aliphatic rings. The van der Waals surface area contributed by atoms with E-state index in [9.17, 15) is 28.8 Å². The predicted molar refractivity (Wildman–Crippen MR) is 137 cm³/mol. The van der Waals surface area contributed by atoms with Crippen molar-refractivity contribution in [2.24, 2.45) is 0 Å². The molecule has 3 aromatic rings. The van der Waals surface area contributed by atoms with Crippen LogP contribution >= 0.6 is 0 Å². The zero-order valence-corrected chi connectivity index (χ0v) is 19.8. The van der Waals surface area contributed by atoms with Crippen molar-refractivity contribution in [3.63, 3.8) is 0 Å². The number of hydrogen-bond acceptors (Lipinski definition) is 6. The number of imide groups is 3. The van der Waals surface area contributed by atoms with Crippen LogP contribution in [-0.2, 0) is 0 Å². The van der Waals surface area contributed by atoms with Crippen molar-refractivity contribution < 1.29 is 28.8 Å². The van der Waals surface area contributed by atoms with Gasteiger partial charge in [0.15, 0.2) is 0 Å². The molecule has 3 aliphatic heterocycles. The van der Waals surface area contributed by atoms with E-state index in [0.717, 1.165) is 4.90 Å². The van der Waals surface area contributed by atoms with Crippen LogP contribution in [0.5, 0.6) is 0 Å². The maximum Gasteiger partial charge on any atom is 0.261 e. The summed E-state index contributed by atoms with van der Waals surface area (Å²) in [5.41, 5.74) is 3.99. The quantitative estimate of drug-likeness (QED) is 0.416. The Morgan fingerprint density at radius 1 is 0.526 bits per heavy atom. The lowest BCUT2D eigenvalue weighted by Gasteiger charge is -2.06. The first-order valence-corrected chi connectivity index (χ1v) is 11.6. The van der Waals surface area contributed by atoms with Gasteiger partial charge in [0.05, 0.1) is 33.4 Å². The summed E-state index contributed by atoms with van der Waals surface area (Å²) in [7, 11) is 1.43. The van der Waals surface area contributed by atoms with Crippen molar-refractivity contribution in [2.75, 3.05) is 7.05 Å². The van der Waals surface area contributed by atoms with Gasteiger partial charge in [-0.25, -0.2) is 0 Å². The SMILES string of the molecule is CN1C(=O)c2ccc(/C=C/c3ccc(/C=C/c4ccc5c(c4)C(=O)NC5=O)c4c3C(=O)NC4=O)cc2C1=O. The molecule has 9 heteroatoms. The van der Waals surface area contributed by atoms with Gasteiger partial charge in [0.25, 0.3) is 35.4 Å². The Bertz CT molecular complexity index is 1750. The number of carbonyl (C=O) groups excluding carboxylic acids is 6. The topological polar surface area (TPSA) is 130 Å². The van der Waals surface area contributed by atoms with E-state index in [1.54, 1.807) is 72.8 Å². The summed E-state index contributed by atoms with van der Waals surface area (Å²) in [6.45, 7) is 0. The molecule has 0 spiro atoms. The molecule has 0 saturated carbocycles. The molecule has 6 rings (SSSR count). The first-order chi connectivity index (χ1) is 18.2. The summed E-state index contributed by atoms with van der Waals surface area (Å²) < 4.78 is 0. The summed E-state index contributed by atoms with van der Waals surface area (Å²) in [4.78, 5) is 74.5. The van der Waals surface area contributed by atoms with Crippen molar-refractivity contribution in [1.82, 2.24) is 15.5 Å². The molecule has 0 aliphatic carbocycles. The Kier molecular flexibility index (Phi) is 5.03. The number of nitrogens with zero attached hydrogens (tertiary/aromatic N) is 1. The highest BCUT2D eigenvalue weighted by Gasteiger charge is 2.33. The van der Waals surface area contributed by atoms with Crippen molar-refractivity contribution in [2.45, 2.75) is 0 Å². The van der Waals surface area contributed by atoms with Crippen LogP contribution < -0.4 is 10.6 Å². The highest BCUT2D eigenvalue weighted by atomic mass is 16.2. The molecule has 3 heterocycles. The van der Waals surface area contributed by atoms with Gasteiger partial charge in [-0.1, -0.05) is 48.6 Å². The van der Waals surface area contributed by atoms with Crippen LogP contribution in [0.4, 0.5) is 0 Å². The molecule has 2 N–H and O–H groups in total. The minimum atomic E-state index is -0.525. The zero-order valence-electron chi connectivity index (χ0n) is 19.8. The van der Waals surface area contributed by atoms with Crippen molar-refractivity contribution >= 4 is 59.7 Å². The van der Waals surface area contributed by atoms with Crippen molar-refractivity contribution in [3.8, 4) is 0 Å². The molecule has 184 valence electrons. The van der Waals surface area contributed by atoms with E-state index in [2.05, 4.69) is 10.6 Å². The van der Waals surface area contributed by atoms with Gasteiger partial charge in [-0.2, -0.15) is 0 Å². The van der Waals surface area contributed by atoms with Gasteiger partial charge < -0.3 is 0 Å². The van der Waals surface area contributed by atoms with Gasteiger partial charge in [0, 0.05) is 7.05 Å². The van der Waals surface area contributed by atoms with Crippen LogP contribution in [0, 0.1) is 0 Å². The van der Waals surface area contributed by atoms with Crippen molar-refractivity contribution in [1.29, 1.82) is 0 Å². The summed E-state index contributed by atoms with van der Waals surface area (Å²) in [6, 6.07) is 13.1. The van der Waals surface area contributed by atoms with Crippen LogP contribution in [0.3, 0.4) is 0 Å². The number of hydrogen-bond donors (Lipinski definition) is 2. The third-order valence-corrected chi connectivity index (χ3v) is 6.74. The highest BCUT2D eigenvalue weighted by molar-refractivity contribution is 6.25. The normalized spacial score (nSPS) is 16.0. The minimum Gasteiger partial charge on any atom is -0.288 e. The molecule has 0 saturated heterocycles. The summed E-state index contributed by atoms with van der Waals surface area (Å²) >= 11 is 0. The molecule has 3 aromatic carbocycles. The first-order valence-electron chi connectivity index (χ1n) is 11.6. The Labute approximate surface area is 215 Å². The fraction of sp³-hybridized carbons (Fsp3) is 0.0345. The maximum absolute atomic E-state index is 12.6. The molecular formula is C29H17N3O6. The predicted octanol–water partition coefficient (Wildman–Crippen LogP) is 3.02.